The lowest BCUT2D eigenvalue weighted by Crippen LogP contribution is -2.28. The smallest absolute Gasteiger partial charge is 0.419 e. The average Bonchev–Trinajstić information content (AvgIpc) is 2.86. The SMILES string of the molecule is Cn1c(=O)oc2cc(CNC(=O)COc3ccccc3F)ccc21. The second-order valence-electron chi connectivity index (χ2n) is 5.22. The maximum Gasteiger partial charge on any atom is 0.419 e. The van der Waals surface area contributed by atoms with Crippen molar-refractivity contribution in [3.05, 3.63) is 64.4 Å². The predicted octanol–water partition coefficient (Wildman–Crippen LogP) is 1.97. The minimum Gasteiger partial charge on any atom is -0.481 e. The van der Waals surface area contributed by atoms with Crippen LogP contribution in [-0.4, -0.2) is 17.1 Å². The summed E-state index contributed by atoms with van der Waals surface area (Å²) in [5.74, 6) is -1.31. The standard InChI is InChI=1S/C17H15FN2O4/c1-20-13-7-6-11(8-15(13)24-17(20)22)9-19-16(21)10-23-14-5-3-2-4-12(14)18/h2-8H,9-10H2,1H3,(H,19,21). The van der Waals surface area contributed by atoms with Crippen molar-refractivity contribution in [3.63, 3.8) is 0 Å². The van der Waals surface area contributed by atoms with Crippen molar-refractivity contribution in [1.29, 1.82) is 0 Å². The number of carbonyl (C=O) groups excluding carboxylic acids is 1. The highest BCUT2D eigenvalue weighted by atomic mass is 19.1. The van der Waals surface area contributed by atoms with E-state index in [1.165, 1.54) is 16.7 Å². The fourth-order valence-electron chi connectivity index (χ4n) is 2.24. The number of ether oxygens (including phenoxy) is 1. The van der Waals surface area contributed by atoms with Crippen LogP contribution in [0, 0.1) is 5.82 Å². The molecule has 124 valence electrons. The zero-order valence-corrected chi connectivity index (χ0v) is 12.9. The van der Waals surface area contributed by atoms with Gasteiger partial charge in [0.05, 0.1) is 5.52 Å². The van der Waals surface area contributed by atoms with E-state index >= 15 is 0 Å². The third-order valence-electron chi connectivity index (χ3n) is 3.54. The van der Waals surface area contributed by atoms with Crippen LogP contribution < -0.4 is 15.8 Å². The highest BCUT2D eigenvalue weighted by Crippen LogP contribution is 2.15. The number of hydrogen-bond donors (Lipinski definition) is 1. The van der Waals surface area contributed by atoms with Gasteiger partial charge in [0.15, 0.2) is 23.8 Å². The van der Waals surface area contributed by atoms with Crippen molar-refractivity contribution < 1.29 is 18.3 Å². The summed E-state index contributed by atoms with van der Waals surface area (Å²) in [5.41, 5.74) is 1.91. The topological polar surface area (TPSA) is 73.5 Å². The fraction of sp³-hybridized carbons (Fsp3) is 0.176. The summed E-state index contributed by atoms with van der Waals surface area (Å²) >= 11 is 0. The van der Waals surface area contributed by atoms with Crippen LogP contribution in [0.15, 0.2) is 51.7 Å². The van der Waals surface area contributed by atoms with Gasteiger partial charge in [-0.05, 0) is 29.8 Å². The first-order valence-electron chi connectivity index (χ1n) is 7.27. The monoisotopic (exact) mass is 330 g/mol. The van der Waals surface area contributed by atoms with Gasteiger partial charge in [-0.15, -0.1) is 0 Å². The van der Waals surface area contributed by atoms with E-state index in [4.69, 9.17) is 9.15 Å². The molecule has 7 heteroatoms. The summed E-state index contributed by atoms with van der Waals surface area (Å²) in [6.45, 7) is -0.0440. The molecule has 0 saturated carbocycles. The van der Waals surface area contributed by atoms with Crippen LogP contribution in [0.2, 0.25) is 0 Å². The molecule has 0 aliphatic carbocycles. The lowest BCUT2D eigenvalue weighted by molar-refractivity contribution is -0.123. The molecule has 0 bridgehead atoms. The van der Waals surface area contributed by atoms with Gasteiger partial charge in [-0.1, -0.05) is 18.2 Å². The quantitative estimate of drug-likeness (QED) is 0.776. The Balaban J connectivity index is 1.58. The van der Waals surface area contributed by atoms with E-state index in [1.807, 2.05) is 0 Å². The van der Waals surface area contributed by atoms with Gasteiger partial charge in [0.2, 0.25) is 0 Å². The molecule has 0 fully saturated rings. The van der Waals surface area contributed by atoms with E-state index in [-0.39, 0.29) is 24.8 Å². The van der Waals surface area contributed by atoms with E-state index in [0.717, 1.165) is 5.56 Å². The van der Waals surface area contributed by atoms with Gasteiger partial charge in [0.25, 0.3) is 5.91 Å². The molecule has 2 aromatic carbocycles. The number of aryl methyl sites for hydroxylation is 1. The first-order valence-corrected chi connectivity index (χ1v) is 7.27. The number of hydrogen-bond acceptors (Lipinski definition) is 4. The molecule has 1 N–H and O–H groups in total. The molecule has 0 spiro atoms. The highest BCUT2D eigenvalue weighted by Gasteiger charge is 2.08. The first-order chi connectivity index (χ1) is 11.5. The number of benzene rings is 2. The van der Waals surface area contributed by atoms with Gasteiger partial charge in [-0.2, -0.15) is 0 Å². The molecule has 1 aromatic heterocycles. The van der Waals surface area contributed by atoms with Gasteiger partial charge in [0, 0.05) is 13.6 Å². The van der Waals surface area contributed by atoms with Crippen molar-refractivity contribution in [2.75, 3.05) is 6.61 Å². The fourth-order valence-corrected chi connectivity index (χ4v) is 2.24. The first kappa shape index (κ1) is 15.8. The molecule has 24 heavy (non-hydrogen) atoms. The van der Waals surface area contributed by atoms with Crippen LogP contribution in [0.5, 0.6) is 5.75 Å². The van der Waals surface area contributed by atoms with Crippen LogP contribution >= 0.6 is 0 Å². The third-order valence-corrected chi connectivity index (χ3v) is 3.54. The van der Waals surface area contributed by atoms with Gasteiger partial charge in [-0.3, -0.25) is 9.36 Å². The Morgan fingerprint density at radius 1 is 1.29 bits per heavy atom. The number of amides is 1. The van der Waals surface area contributed by atoms with Gasteiger partial charge in [-0.25, -0.2) is 9.18 Å². The molecular formula is C17H15FN2O4. The maximum absolute atomic E-state index is 13.4. The van der Waals surface area contributed by atoms with Crippen molar-refractivity contribution >= 4 is 17.0 Å². The summed E-state index contributed by atoms with van der Waals surface area (Å²) in [5, 5.41) is 2.66. The maximum atomic E-state index is 13.4. The Morgan fingerprint density at radius 2 is 2.08 bits per heavy atom. The number of carbonyl (C=O) groups is 1. The zero-order chi connectivity index (χ0) is 17.1. The van der Waals surface area contributed by atoms with E-state index in [1.54, 1.807) is 37.4 Å². The van der Waals surface area contributed by atoms with Crippen LogP contribution in [0.1, 0.15) is 5.56 Å². The lowest BCUT2D eigenvalue weighted by atomic mass is 10.2. The molecule has 0 atom stereocenters. The van der Waals surface area contributed by atoms with Crippen molar-refractivity contribution in [2.24, 2.45) is 7.05 Å². The molecule has 1 heterocycles. The minimum absolute atomic E-state index is 0.0279. The summed E-state index contributed by atoms with van der Waals surface area (Å²) in [6, 6.07) is 11.1. The highest BCUT2D eigenvalue weighted by molar-refractivity contribution is 5.78. The Kier molecular flexibility index (Phi) is 4.33. The summed E-state index contributed by atoms with van der Waals surface area (Å²) < 4.78 is 25.0. The zero-order valence-electron chi connectivity index (χ0n) is 12.9. The van der Waals surface area contributed by atoms with E-state index in [0.29, 0.717) is 11.1 Å². The molecular weight excluding hydrogens is 315 g/mol. The molecule has 0 unspecified atom stereocenters. The Bertz CT molecular complexity index is 945. The van der Waals surface area contributed by atoms with Crippen LogP contribution in [0.4, 0.5) is 4.39 Å². The Hall–Kier alpha value is -3.09. The molecule has 0 radical (unpaired) electrons. The van der Waals surface area contributed by atoms with E-state index in [2.05, 4.69) is 5.32 Å². The van der Waals surface area contributed by atoms with E-state index in [9.17, 15) is 14.0 Å². The molecule has 0 aliphatic rings. The number of para-hydroxylation sites is 1. The summed E-state index contributed by atoms with van der Waals surface area (Å²) in [6.07, 6.45) is 0. The van der Waals surface area contributed by atoms with Crippen LogP contribution in [-0.2, 0) is 18.4 Å². The molecule has 1 amide bonds. The largest absolute Gasteiger partial charge is 0.481 e. The molecule has 0 saturated heterocycles. The lowest BCUT2D eigenvalue weighted by Gasteiger charge is -2.08. The number of oxazole rings is 1. The number of rotatable bonds is 5. The Labute approximate surface area is 136 Å². The van der Waals surface area contributed by atoms with Gasteiger partial charge >= 0.3 is 5.76 Å². The predicted molar refractivity (Wildman–Crippen MR) is 85.2 cm³/mol. The summed E-state index contributed by atoms with van der Waals surface area (Å²) in [4.78, 5) is 23.2. The number of fused-ring (bicyclic) bond motifs is 1. The van der Waals surface area contributed by atoms with Crippen LogP contribution in [0.3, 0.4) is 0 Å². The number of nitrogens with one attached hydrogen (secondary N) is 1. The Morgan fingerprint density at radius 3 is 2.88 bits per heavy atom. The van der Waals surface area contributed by atoms with Crippen molar-refractivity contribution in [3.8, 4) is 5.75 Å². The second-order valence-corrected chi connectivity index (χ2v) is 5.22. The molecule has 3 rings (SSSR count). The van der Waals surface area contributed by atoms with Crippen molar-refractivity contribution in [1.82, 2.24) is 9.88 Å². The minimum atomic E-state index is -0.519. The van der Waals surface area contributed by atoms with Crippen molar-refractivity contribution in [2.45, 2.75) is 6.54 Å². The number of nitrogens with zero attached hydrogens (tertiary/aromatic N) is 1. The normalized spacial score (nSPS) is 10.8. The average molecular weight is 330 g/mol. The second kappa shape index (κ2) is 6.57. The van der Waals surface area contributed by atoms with Gasteiger partial charge < -0.3 is 14.5 Å². The summed E-state index contributed by atoms with van der Waals surface area (Å²) in [7, 11) is 1.62. The van der Waals surface area contributed by atoms with Gasteiger partial charge in [0.1, 0.15) is 0 Å². The van der Waals surface area contributed by atoms with E-state index < -0.39 is 11.6 Å². The molecule has 6 nitrogen and oxygen atoms in total. The molecule has 3 aromatic rings. The molecule has 0 aliphatic heterocycles. The third kappa shape index (κ3) is 3.29. The van der Waals surface area contributed by atoms with Crippen LogP contribution in [0.25, 0.3) is 11.1 Å². The number of aromatic nitrogens is 1. The number of halogens is 1.